The number of aromatic nitrogens is 1. The Morgan fingerprint density at radius 3 is 2.34 bits per heavy atom. The molecule has 0 spiro atoms. The standard InChI is InChI=1S/C30H27N3OS/c1-19-13-15-23(16-14-19)25-17-28(24-10-6-5-7-11-24)33-30(26(25)18-31)35-22(4)29(34)32-27-12-8-9-20(2)21(27)3/h5-17,22H,1-4H3,(H,32,34). The summed E-state index contributed by atoms with van der Waals surface area (Å²) in [7, 11) is 0. The van der Waals surface area contributed by atoms with Crippen LogP contribution in [0.15, 0.2) is 83.9 Å². The maximum atomic E-state index is 13.1. The van der Waals surface area contributed by atoms with E-state index in [0.717, 1.165) is 44.8 Å². The second-order valence-electron chi connectivity index (χ2n) is 8.58. The number of anilines is 1. The first-order valence-electron chi connectivity index (χ1n) is 11.5. The Morgan fingerprint density at radius 1 is 0.943 bits per heavy atom. The first-order valence-corrected chi connectivity index (χ1v) is 12.4. The Bertz CT molecular complexity index is 1410. The number of amides is 1. The van der Waals surface area contributed by atoms with E-state index in [1.807, 2.05) is 107 Å². The smallest absolute Gasteiger partial charge is 0.237 e. The van der Waals surface area contributed by atoms with E-state index in [4.69, 9.17) is 4.98 Å². The molecule has 1 heterocycles. The van der Waals surface area contributed by atoms with Crippen LogP contribution in [0.4, 0.5) is 5.69 Å². The molecule has 0 aliphatic heterocycles. The summed E-state index contributed by atoms with van der Waals surface area (Å²) >= 11 is 1.31. The van der Waals surface area contributed by atoms with Gasteiger partial charge in [-0.05, 0) is 56.5 Å². The number of nitriles is 1. The summed E-state index contributed by atoms with van der Waals surface area (Å²) in [6.07, 6.45) is 0. The number of hydrogen-bond donors (Lipinski definition) is 1. The van der Waals surface area contributed by atoms with Crippen LogP contribution in [0.3, 0.4) is 0 Å². The van der Waals surface area contributed by atoms with Gasteiger partial charge < -0.3 is 5.32 Å². The molecule has 0 bridgehead atoms. The second-order valence-corrected chi connectivity index (χ2v) is 9.91. The molecule has 5 heteroatoms. The molecule has 4 rings (SSSR count). The molecular weight excluding hydrogens is 450 g/mol. The quantitative estimate of drug-likeness (QED) is 0.295. The van der Waals surface area contributed by atoms with Crippen molar-refractivity contribution in [1.29, 1.82) is 5.26 Å². The van der Waals surface area contributed by atoms with Gasteiger partial charge in [-0.1, -0.05) is 84.1 Å². The Hall–Kier alpha value is -3.88. The molecule has 0 saturated carbocycles. The minimum absolute atomic E-state index is 0.128. The average molecular weight is 478 g/mol. The molecule has 0 radical (unpaired) electrons. The lowest BCUT2D eigenvalue weighted by molar-refractivity contribution is -0.115. The number of nitrogens with one attached hydrogen (secondary N) is 1. The van der Waals surface area contributed by atoms with Crippen molar-refractivity contribution in [3.05, 3.63) is 101 Å². The van der Waals surface area contributed by atoms with Gasteiger partial charge in [-0.2, -0.15) is 5.26 Å². The molecule has 1 atom stereocenters. The van der Waals surface area contributed by atoms with Gasteiger partial charge in [0.05, 0.1) is 16.5 Å². The van der Waals surface area contributed by atoms with Crippen molar-refractivity contribution in [2.45, 2.75) is 38.0 Å². The van der Waals surface area contributed by atoms with E-state index in [2.05, 4.69) is 11.4 Å². The maximum absolute atomic E-state index is 13.1. The van der Waals surface area contributed by atoms with Crippen LogP contribution in [0.5, 0.6) is 0 Å². The fourth-order valence-corrected chi connectivity index (χ4v) is 4.70. The number of carbonyl (C=O) groups excluding carboxylic acids is 1. The third-order valence-corrected chi connectivity index (χ3v) is 7.14. The van der Waals surface area contributed by atoms with Gasteiger partial charge in [-0.3, -0.25) is 4.79 Å². The molecule has 1 amide bonds. The number of thioether (sulfide) groups is 1. The first kappa shape index (κ1) is 24.3. The molecule has 1 aromatic heterocycles. The van der Waals surface area contributed by atoms with Crippen molar-refractivity contribution in [2.75, 3.05) is 5.32 Å². The summed E-state index contributed by atoms with van der Waals surface area (Å²) in [6, 6.07) is 28.2. The first-order chi connectivity index (χ1) is 16.9. The lowest BCUT2D eigenvalue weighted by atomic mass is 9.98. The molecule has 0 fully saturated rings. The van der Waals surface area contributed by atoms with E-state index in [0.29, 0.717) is 10.6 Å². The average Bonchev–Trinajstić information content (AvgIpc) is 2.87. The Morgan fingerprint density at radius 2 is 1.66 bits per heavy atom. The molecule has 3 aromatic carbocycles. The van der Waals surface area contributed by atoms with Crippen LogP contribution in [0.25, 0.3) is 22.4 Å². The third kappa shape index (κ3) is 5.45. The minimum atomic E-state index is -0.452. The number of nitrogens with zero attached hydrogens (tertiary/aromatic N) is 2. The molecule has 0 aliphatic rings. The largest absolute Gasteiger partial charge is 0.325 e. The number of aryl methyl sites for hydroxylation is 2. The lowest BCUT2D eigenvalue weighted by Gasteiger charge is -2.17. The van der Waals surface area contributed by atoms with Crippen LogP contribution in [0.1, 0.15) is 29.2 Å². The van der Waals surface area contributed by atoms with Gasteiger partial charge >= 0.3 is 0 Å². The second kappa shape index (κ2) is 10.6. The van der Waals surface area contributed by atoms with Crippen molar-refractivity contribution in [3.8, 4) is 28.5 Å². The van der Waals surface area contributed by atoms with Gasteiger partial charge in [0.15, 0.2) is 0 Å². The molecule has 35 heavy (non-hydrogen) atoms. The molecule has 0 saturated heterocycles. The summed E-state index contributed by atoms with van der Waals surface area (Å²) in [5.41, 5.74) is 8.07. The molecular formula is C30H27N3OS. The predicted octanol–water partition coefficient (Wildman–Crippen LogP) is 7.33. The van der Waals surface area contributed by atoms with Gasteiger partial charge in [0.1, 0.15) is 11.1 Å². The highest BCUT2D eigenvalue weighted by atomic mass is 32.2. The van der Waals surface area contributed by atoms with E-state index in [9.17, 15) is 10.1 Å². The topological polar surface area (TPSA) is 65.8 Å². The van der Waals surface area contributed by atoms with Crippen LogP contribution in [0, 0.1) is 32.1 Å². The highest BCUT2D eigenvalue weighted by Crippen LogP contribution is 2.36. The van der Waals surface area contributed by atoms with Crippen molar-refractivity contribution >= 4 is 23.4 Å². The zero-order valence-electron chi connectivity index (χ0n) is 20.3. The maximum Gasteiger partial charge on any atom is 0.237 e. The number of pyridine rings is 1. The highest BCUT2D eigenvalue weighted by Gasteiger charge is 2.22. The van der Waals surface area contributed by atoms with E-state index in [1.54, 1.807) is 0 Å². The van der Waals surface area contributed by atoms with E-state index >= 15 is 0 Å². The molecule has 1 N–H and O–H groups in total. The van der Waals surface area contributed by atoms with E-state index in [-0.39, 0.29) is 5.91 Å². The molecule has 0 aliphatic carbocycles. The van der Waals surface area contributed by atoms with Gasteiger partial charge in [0.25, 0.3) is 0 Å². The minimum Gasteiger partial charge on any atom is -0.325 e. The number of rotatable bonds is 6. The van der Waals surface area contributed by atoms with Crippen LogP contribution in [0.2, 0.25) is 0 Å². The van der Waals surface area contributed by atoms with Gasteiger partial charge in [0, 0.05) is 16.8 Å². The molecule has 4 aromatic rings. The van der Waals surface area contributed by atoms with Crippen molar-refractivity contribution in [3.63, 3.8) is 0 Å². The monoisotopic (exact) mass is 477 g/mol. The van der Waals surface area contributed by atoms with E-state index < -0.39 is 5.25 Å². The Kier molecular flexibility index (Phi) is 7.33. The van der Waals surface area contributed by atoms with Crippen molar-refractivity contribution < 1.29 is 4.79 Å². The molecule has 4 nitrogen and oxygen atoms in total. The highest BCUT2D eigenvalue weighted by molar-refractivity contribution is 8.00. The van der Waals surface area contributed by atoms with Gasteiger partial charge in [-0.25, -0.2) is 4.98 Å². The van der Waals surface area contributed by atoms with Crippen molar-refractivity contribution in [2.24, 2.45) is 0 Å². The normalized spacial score (nSPS) is 11.5. The van der Waals surface area contributed by atoms with Gasteiger partial charge in [0.2, 0.25) is 5.91 Å². The fraction of sp³-hybridized carbons (Fsp3) is 0.167. The van der Waals surface area contributed by atoms with Crippen molar-refractivity contribution in [1.82, 2.24) is 4.98 Å². The number of carbonyl (C=O) groups is 1. The third-order valence-electron chi connectivity index (χ3n) is 6.05. The zero-order chi connectivity index (χ0) is 24.9. The summed E-state index contributed by atoms with van der Waals surface area (Å²) in [5.74, 6) is -0.128. The summed E-state index contributed by atoms with van der Waals surface area (Å²) in [6.45, 7) is 7.90. The van der Waals surface area contributed by atoms with Crippen LogP contribution in [-0.4, -0.2) is 16.1 Å². The molecule has 1 unspecified atom stereocenters. The predicted molar refractivity (Wildman–Crippen MR) is 144 cm³/mol. The fourth-order valence-electron chi connectivity index (χ4n) is 3.77. The molecule has 174 valence electrons. The zero-order valence-corrected chi connectivity index (χ0v) is 21.1. The SMILES string of the molecule is Cc1ccc(-c2cc(-c3ccccc3)nc(SC(C)C(=O)Nc3cccc(C)c3C)c2C#N)cc1. The lowest BCUT2D eigenvalue weighted by Crippen LogP contribution is -2.23. The summed E-state index contributed by atoms with van der Waals surface area (Å²) in [4.78, 5) is 17.9. The van der Waals surface area contributed by atoms with Gasteiger partial charge in [-0.15, -0.1) is 0 Å². The van der Waals surface area contributed by atoms with Crippen LogP contribution < -0.4 is 5.32 Å². The summed E-state index contributed by atoms with van der Waals surface area (Å²) in [5, 5.41) is 13.3. The Labute approximate surface area is 211 Å². The number of hydrogen-bond acceptors (Lipinski definition) is 4. The number of benzene rings is 3. The Balaban J connectivity index is 1.73. The van der Waals surface area contributed by atoms with Crippen LogP contribution >= 0.6 is 11.8 Å². The summed E-state index contributed by atoms with van der Waals surface area (Å²) < 4.78 is 0. The van der Waals surface area contributed by atoms with Crippen LogP contribution in [-0.2, 0) is 4.79 Å². The van der Waals surface area contributed by atoms with E-state index in [1.165, 1.54) is 11.8 Å².